The van der Waals surface area contributed by atoms with Gasteiger partial charge in [0.1, 0.15) is 0 Å². The molecule has 1 atom stereocenters. The van der Waals surface area contributed by atoms with Crippen molar-refractivity contribution in [3.63, 3.8) is 0 Å². The molecular weight excluding hydrogens is 304 g/mol. The van der Waals surface area contributed by atoms with Gasteiger partial charge in [-0.05, 0) is 42.9 Å². The Hall–Kier alpha value is -2.17. The lowest BCUT2D eigenvalue weighted by molar-refractivity contribution is -0.125. The average Bonchev–Trinajstić information content (AvgIpc) is 2.87. The number of imide groups is 1. The van der Waals surface area contributed by atoms with Gasteiger partial charge in [0.2, 0.25) is 17.7 Å². The molecule has 1 heterocycles. The first-order valence-corrected chi connectivity index (χ1v) is 8.82. The fourth-order valence-corrected chi connectivity index (χ4v) is 3.65. The molecule has 5 heteroatoms. The van der Waals surface area contributed by atoms with Gasteiger partial charge in [-0.1, -0.05) is 31.4 Å². The summed E-state index contributed by atoms with van der Waals surface area (Å²) in [5, 5.41) is 5.28. The van der Waals surface area contributed by atoms with Gasteiger partial charge < -0.3 is 5.32 Å². The molecule has 128 valence electrons. The maximum absolute atomic E-state index is 12.1. The van der Waals surface area contributed by atoms with Crippen molar-refractivity contribution in [3.8, 4) is 0 Å². The van der Waals surface area contributed by atoms with E-state index in [1.54, 1.807) is 0 Å². The zero-order valence-corrected chi connectivity index (χ0v) is 13.8. The van der Waals surface area contributed by atoms with Crippen LogP contribution in [-0.2, 0) is 20.8 Å². The Morgan fingerprint density at radius 3 is 2.42 bits per heavy atom. The third kappa shape index (κ3) is 4.43. The third-order valence-corrected chi connectivity index (χ3v) is 4.98. The molecule has 3 rings (SSSR count). The van der Waals surface area contributed by atoms with Crippen LogP contribution in [0.5, 0.6) is 0 Å². The topological polar surface area (TPSA) is 75.3 Å². The molecular formula is C19H24N2O3. The highest BCUT2D eigenvalue weighted by molar-refractivity contribution is 6.03. The molecule has 2 N–H and O–H groups in total. The van der Waals surface area contributed by atoms with Crippen molar-refractivity contribution in [3.05, 3.63) is 29.8 Å². The van der Waals surface area contributed by atoms with E-state index in [0.29, 0.717) is 18.8 Å². The Morgan fingerprint density at radius 2 is 1.79 bits per heavy atom. The first-order valence-electron chi connectivity index (χ1n) is 8.82. The standard InChI is InChI=1S/C19H24N2O3/c22-17(11-13-4-2-1-3-5-13)20-16-8-6-14(7-9-16)10-15-12-18(23)21-19(15)24/h6-9,13,15H,1-5,10-12H2,(H,20,22)(H,21,23,24)/t15-/m1/s1. The van der Waals surface area contributed by atoms with Crippen LogP contribution >= 0.6 is 0 Å². The summed E-state index contributed by atoms with van der Waals surface area (Å²) < 4.78 is 0. The lowest BCUT2D eigenvalue weighted by Gasteiger charge is -2.20. The first-order chi connectivity index (χ1) is 11.6. The summed E-state index contributed by atoms with van der Waals surface area (Å²) in [7, 11) is 0. The molecule has 0 spiro atoms. The summed E-state index contributed by atoms with van der Waals surface area (Å²) in [5.41, 5.74) is 1.78. The van der Waals surface area contributed by atoms with E-state index in [4.69, 9.17) is 0 Å². The number of anilines is 1. The molecule has 0 radical (unpaired) electrons. The van der Waals surface area contributed by atoms with Crippen molar-refractivity contribution in [2.45, 2.75) is 51.4 Å². The fraction of sp³-hybridized carbons (Fsp3) is 0.526. The summed E-state index contributed by atoms with van der Waals surface area (Å²) in [6.45, 7) is 0. The molecule has 1 saturated heterocycles. The minimum absolute atomic E-state index is 0.0791. The molecule has 0 aromatic heterocycles. The lowest BCUT2D eigenvalue weighted by atomic mass is 9.87. The van der Waals surface area contributed by atoms with Crippen LogP contribution in [0, 0.1) is 11.8 Å². The number of rotatable bonds is 5. The van der Waals surface area contributed by atoms with Crippen LogP contribution in [-0.4, -0.2) is 17.7 Å². The van der Waals surface area contributed by atoms with E-state index in [0.717, 1.165) is 24.1 Å². The Bertz CT molecular complexity index is 618. The Labute approximate surface area is 142 Å². The molecule has 0 bridgehead atoms. The number of carbonyl (C=O) groups excluding carboxylic acids is 3. The largest absolute Gasteiger partial charge is 0.326 e. The summed E-state index contributed by atoms with van der Waals surface area (Å²) in [6.07, 6.45) is 7.51. The minimum Gasteiger partial charge on any atom is -0.326 e. The van der Waals surface area contributed by atoms with Crippen LogP contribution in [0.2, 0.25) is 0 Å². The smallest absolute Gasteiger partial charge is 0.230 e. The van der Waals surface area contributed by atoms with Crippen molar-refractivity contribution in [2.75, 3.05) is 5.32 Å². The van der Waals surface area contributed by atoms with Crippen molar-refractivity contribution in [1.82, 2.24) is 5.32 Å². The highest BCUT2D eigenvalue weighted by Gasteiger charge is 2.30. The van der Waals surface area contributed by atoms with Gasteiger partial charge in [0.15, 0.2) is 0 Å². The molecule has 0 unspecified atom stereocenters. The van der Waals surface area contributed by atoms with E-state index in [1.807, 2.05) is 24.3 Å². The van der Waals surface area contributed by atoms with Crippen LogP contribution < -0.4 is 10.6 Å². The zero-order valence-electron chi connectivity index (χ0n) is 13.8. The second kappa shape index (κ2) is 7.60. The van der Waals surface area contributed by atoms with Crippen molar-refractivity contribution >= 4 is 23.4 Å². The summed E-state index contributed by atoms with van der Waals surface area (Å²) in [6, 6.07) is 7.55. The minimum atomic E-state index is -0.274. The maximum Gasteiger partial charge on any atom is 0.230 e. The normalized spacial score (nSPS) is 21.6. The summed E-state index contributed by atoms with van der Waals surface area (Å²) in [5.74, 6) is -0.0578. The van der Waals surface area contributed by atoms with Gasteiger partial charge in [0.05, 0.1) is 5.92 Å². The van der Waals surface area contributed by atoms with Crippen LogP contribution in [0.3, 0.4) is 0 Å². The number of hydrogen-bond donors (Lipinski definition) is 2. The van der Waals surface area contributed by atoms with E-state index in [-0.39, 0.29) is 30.1 Å². The van der Waals surface area contributed by atoms with Gasteiger partial charge in [0, 0.05) is 18.5 Å². The zero-order chi connectivity index (χ0) is 16.9. The highest BCUT2D eigenvalue weighted by Crippen LogP contribution is 2.26. The Kier molecular flexibility index (Phi) is 5.28. The molecule has 2 aliphatic rings. The van der Waals surface area contributed by atoms with E-state index in [2.05, 4.69) is 10.6 Å². The van der Waals surface area contributed by atoms with Crippen LogP contribution in [0.15, 0.2) is 24.3 Å². The molecule has 1 aliphatic heterocycles. The van der Waals surface area contributed by atoms with Gasteiger partial charge >= 0.3 is 0 Å². The van der Waals surface area contributed by atoms with E-state index >= 15 is 0 Å². The van der Waals surface area contributed by atoms with Gasteiger partial charge in [-0.15, -0.1) is 0 Å². The van der Waals surface area contributed by atoms with Gasteiger partial charge in [-0.3, -0.25) is 19.7 Å². The number of carbonyl (C=O) groups is 3. The van der Waals surface area contributed by atoms with Crippen LogP contribution in [0.25, 0.3) is 0 Å². The maximum atomic E-state index is 12.1. The predicted octanol–water partition coefficient (Wildman–Crippen LogP) is 2.80. The summed E-state index contributed by atoms with van der Waals surface area (Å²) in [4.78, 5) is 34.9. The molecule has 24 heavy (non-hydrogen) atoms. The molecule has 1 aromatic carbocycles. The number of hydrogen-bond acceptors (Lipinski definition) is 3. The van der Waals surface area contributed by atoms with Crippen LogP contribution in [0.1, 0.15) is 50.5 Å². The van der Waals surface area contributed by atoms with Crippen molar-refractivity contribution < 1.29 is 14.4 Å². The SMILES string of the molecule is O=C1C[C@@H](Cc2ccc(NC(=O)CC3CCCCC3)cc2)C(=O)N1. The second-order valence-corrected chi connectivity index (χ2v) is 6.97. The van der Waals surface area contributed by atoms with Crippen molar-refractivity contribution in [2.24, 2.45) is 11.8 Å². The van der Waals surface area contributed by atoms with Gasteiger partial charge in [-0.25, -0.2) is 0 Å². The van der Waals surface area contributed by atoms with Crippen LogP contribution in [0.4, 0.5) is 5.69 Å². The first kappa shape index (κ1) is 16.7. The van der Waals surface area contributed by atoms with Gasteiger partial charge in [-0.2, -0.15) is 0 Å². The Balaban J connectivity index is 1.49. The average molecular weight is 328 g/mol. The fourth-order valence-electron chi connectivity index (χ4n) is 3.65. The molecule has 1 aliphatic carbocycles. The quantitative estimate of drug-likeness (QED) is 0.816. The van der Waals surface area contributed by atoms with E-state index in [9.17, 15) is 14.4 Å². The van der Waals surface area contributed by atoms with Gasteiger partial charge in [0.25, 0.3) is 0 Å². The molecule has 1 saturated carbocycles. The van der Waals surface area contributed by atoms with E-state index < -0.39 is 0 Å². The third-order valence-electron chi connectivity index (χ3n) is 4.98. The monoisotopic (exact) mass is 328 g/mol. The molecule has 5 nitrogen and oxygen atoms in total. The number of nitrogens with one attached hydrogen (secondary N) is 2. The van der Waals surface area contributed by atoms with Crippen molar-refractivity contribution in [1.29, 1.82) is 0 Å². The summed E-state index contributed by atoms with van der Waals surface area (Å²) >= 11 is 0. The molecule has 3 amide bonds. The predicted molar refractivity (Wildman–Crippen MR) is 91.2 cm³/mol. The lowest BCUT2D eigenvalue weighted by Crippen LogP contribution is -2.22. The molecule has 2 fully saturated rings. The highest BCUT2D eigenvalue weighted by atomic mass is 16.2. The van der Waals surface area contributed by atoms with E-state index in [1.165, 1.54) is 19.3 Å². The second-order valence-electron chi connectivity index (χ2n) is 6.97. The number of benzene rings is 1. The number of amides is 3. The Morgan fingerprint density at radius 1 is 1.08 bits per heavy atom. The molecule has 1 aromatic rings.